The first-order chi connectivity index (χ1) is 11.7. The molecule has 1 atom stereocenters. The van der Waals surface area contributed by atoms with Crippen molar-refractivity contribution in [1.82, 2.24) is 5.32 Å². The number of aliphatic hydroxyl groups is 1. The minimum Gasteiger partial charge on any atom is -0.462 e. The first-order valence-corrected chi connectivity index (χ1v) is 7.48. The number of hydrogen-bond donors (Lipinski definition) is 2. The van der Waals surface area contributed by atoms with E-state index in [4.69, 9.17) is 18.9 Å². The molecule has 1 aromatic carbocycles. The highest BCUT2D eigenvalue weighted by molar-refractivity contribution is 5.81. The third-order valence-electron chi connectivity index (χ3n) is 2.88. The lowest BCUT2D eigenvalue weighted by Crippen LogP contribution is -2.44. The molecule has 0 radical (unpaired) electrons. The van der Waals surface area contributed by atoms with Gasteiger partial charge in [0.1, 0.15) is 13.2 Å². The Morgan fingerprint density at radius 2 is 1.79 bits per heavy atom. The van der Waals surface area contributed by atoms with E-state index in [0.29, 0.717) is 13.2 Å². The second-order valence-electron chi connectivity index (χ2n) is 4.71. The van der Waals surface area contributed by atoms with Crippen LogP contribution in [-0.2, 0) is 30.3 Å². The van der Waals surface area contributed by atoms with Crippen molar-refractivity contribution in [1.29, 1.82) is 0 Å². The van der Waals surface area contributed by atoms with Crippen molar-refractivity contribution in [3.8, 4) is 0 Å². The van der Waals surface area contributed by atoms with Crippen LogP contribution in [0.1, 0.15) is 5.56 Å². The van der Waals surface area contributed by atoms with Gasteiger partial charge in [-0.2, -0.15) is 0 Å². The summed E-state index contributed by atoms with van der Waals surface area (Å²) < 4.78 is 19.8. The van der Waals surface area contributed by atoms with Crippen LogP contribution in [0.4, 0.5) is 4.79 Å². The zero-order valence-corrected chi connectivity index (χ0v) is 13.6. The number of carbonyl (C=O) groups excluding carboxylic acids is 2. The molecule has 2 N–H and O–H groups in total. The van der Waals surface area contributed by atoms with Crippen molar-refractivity contribution in [2.24, 2.45) is 0 Å². The topological polar surface area (TPSA) is 103 Å². The van der Waals surface area contributed by atoms with Crippen LogP contribution in [0, 0.1) is 0 Å². The first-order valence-electron chi connectivity index (χ1n) is 7.48. The fourth-order valence-electron chi connectivity index (χ4n) is 1.63. The van der Waals surface area contributed by atoms with E-state index < -0.39 is 24.7 Å². The van der Waals surface area contributed by atoms with Crippen LogP contribution in [0.15, 0.2) is 30.3 Å². The summed E-state index contributed by atoms with van der Waals surface area (Å²) in [4.78, 5) is 23.4. The molecular weight excluding hydrogens is 318 g/mol. The minimum atomic E-state index is -1.19. The van der Waals surface area contributed by atoms with Crippen molar-refractivity contribution in [3.63, 3.8) is 0 Å². The fourth-order valence-corrected chi connectivity index (χ4v) is 1.63. The Morgan fingerprint density at radius 1 is 1.08 bits per heavy atom. The largest absolute Gasteiger partial charge is 0.462 e. The predicted octanol–water partition coefficient (Wildman–Crippen LogP) is 0.480. The van der Waals surface area contributed by atoms with Crippen molar-refractivity contribution in [2.45, 2.75) is 12.6 Å². The first kappa shape index (κ1) is 19.9. The average Bonchev–Trinajstić information content (AvgIpc) is 2.61. The summed E-state index contributed by atoms with van der Waals surface area (Å²) >= 11 is 0. The molecule has 0 aliphatic rings. The van der Waals surface area contributed by atoms with Gasteiger partial charge < -0.3 is 29.4 Å². The van der Waals surface area contributed by atoms with Crippen LogP contribution >= 0.6 is 0 Å². The number of nitrogens with one attached hydrogen (secondary N) is 1. The monoisotopic (exact) mass is 341 g/mol. The van der Waals surface area contributed by atoms with Gasteiger partial charge in [-0.1, -0.05) is 30.3 Å². The second-order valence-corrected chi connectivity index (χ2v) is 4.71. The number of rotatable bonds is 11. The molecule has 24 heavy (non-hydrogen) atoms. The van der Waals surface area contributed by atoms with Crippen molar-refractivity contribution >= 4 is 12.1 Å². The van der Waals surface area contributed by atoms with Crippen LogP contribution in [0.5, 0.6) is 0 Å². The Bertz CT molecular complexity index is 481. The summed E-state index contributed by atoms with van der Waals surface area (Å²) in [5, 5.41) is 11.4. The van der Waals surface area contributed by atoms with E-state index in [0.717, 1.165) is 5.56 Å². The molecule has 1 aromatic rings. The minimum absolute atomic E-state index is 0.0137. The quantitative estimate of drug-likeness (QED) is 0.446. The fraction of sp³-hybridized carbons (Fsp3) is 0.500. The van der Waals surface area contributed by atoms with Gasteiger partial charge in [-0.05, 0) is 5.56 Å². The number of amides is 1. The summed E-state index contributed by atoms with van der Waals surface area (Å²) in [6.45, 7) is 0.520. The molecule has 0 spiro atoms. The summed E-state index contributed by atoms with van der Waals surface area (Å²) in [6.07, 6.45) is -0.814. The highest BCUT2D eigenvalue weighted by Gasteiger charge is 2.22. The normalized spacial score (nSPS) is 11.6. The molecule has 0 aliphatic carbocycles. The Morgan fingerprint density at radius 3 is 2.46 bits per heavy atom. The summed E-state index contributed by atoms with van der Waals surface area (Å²) in [7, 11) is 1.55. The third-order valence-corrected chi connectivity index (χ3v) is 2.88. The van der Waals surface area contributed by atoms with Crippen LogP contribution in [0.2, 0.25) is 0 Å². The zero-order chi connectivity index (χ0) is 17.6. The molecule has 0 unspecified atom stereocenters. The zero-order valence-electron chi connectivity index (χ0n) is 13.6. The van der Waals surface area contributed by atoms with Crippen LogP contribution in [0.3, 0.4) is 0 Å². The summed E-state index contributed by atoms with van der Waals surface area (Å²) in [5.41, 5.74) is 0.809. The molecule has 0 saturated carbocycles. The molecule has 1 rings (SSSR count). The molecule has 0 heterocycles. The van der Waals surface area contributed by atoms with E-state index in [1.807, 2.05) is 18.2 Å². The SMILES string of the molecule is COCCOCCOC(=O)[C@H](CO)NC(=O)OCc1ccccc1. The van der Waals surface area contributed by atoms with E-state index in [9.17, 15) is 14.7 Å². The average molecular weight is 341 g/mol. The number of aliphatic hydroxyl groups excluding tert-OH is 1. The number of esters is 1. The van der Waals surface area contributed by atoms with Gasteiger partial charge in [0.15, 0.2) is 6.04 Å². The van der Waals surface area contributed by atoms with Crippen LogP contribution in [0.25, 0.3) is 0 Å². The number of ether oxygens (including phenoxy) is 4. The van der Waals surface area contributed by atoms with E-state index in [2.05, 4.69) is 5.32 Å². The number of methoxy groups -OCH3 is 1. The lowest BCUT2D eigenvalue weighted by molar-refractivity contribution is -0.148. The Kier molecular flexibility index (Phi) is 10.2. The Labute approximate surface area is 140 Å². The number of carbonyl (C=O) groups is 2. The smallest absolute Gasteiger partial charge is 0.408 e. The van der Waals surface area contributed by atoms with Gasteiger partial charge in [-0.15, -0.1) is 0 Å². The lowest BCUT2D eigenvalue weighted by Gasteiger charge is -2.15. The molecule has 0 bridgehead atoms. The van der Waals surface area contributed by atoms with E-state index >= 15 is 0 Å². The Hall–Kier alpha value is -2.16. The molecule has 134 valence electrons. The van der Waals surface area contributed by atoms with Gasteiger partial charge in [0.05, 0.1) is 26.4 Å². The van der Waals surface area contributed by atoms with Crippen molar-refractivity contribution in [2.75, 3.05) is 40.1 Å². The third kappa shape index (κ3) is 8.47. The standard InChI is InChI=1S/C16H23NO7/c1-21-7-8-22-9-10-23-15(19)14(11-18)17-16(20)24-12-13-5-3-2-4-6-13/h2-6,14,18H,7-12H2,1H3,(H,17,20)/t14-/m0/s1. The number of benzene rings is 1. The van der Waals surface area contributed by atoms with Gasteiger partial charge in [0.25, 0.3) is 0 Å². The van der Waals surface area contributed by atoms with Crippen LogP contribution < -0.4 is 5.32 Å². The van der Waals surface area contributed by atoms with Gasteiger partial charge in [0, 0.05) is 7.11 Å². The maximum absolute atomic E-state index is 11.7. The molecule has 8 nitrogen and oxygen atoms in total. The number of hydrogen-bond acceptors (Lipinski definition) is 7. The second kappa shape index (κ2) is 12.3. The van der Waals surface area contributed by atoms with Gasteiger partial charge in [-0.3, -0.25) is 0 Å². The predicted molar refractivity (Wildman–Crippen MR) is 84.3 cm³/mol. The highest BCUT2D eigenvalue weighted by atomic mass is 16.6. The highest BCUT2D eigenvalue weighted by Crippen LogP contribution is 2.01. The van der Waals surface area contributed by atoms with Gasteiger partial charge in [0.2, 0.25) is 0 Å². The van der Waals surface area contributed by atoms with Crippen molar-refractivity contribution < 1.29 is 33.6 Å². The maximum atomic E-state index is 11.7. The summed E-state index contributed by atoms with van der Waals surface area (Å²) in [6, 6.07) is 7.90. The molecule has 0 fully saturated rings. The van der Waals surface area contributed by atoms with E-state index in [-0.39, 0.29) is 19.8 Å². The molecular formula is C16H23NO7. The number of alkyl carbamates (subject to hydrolysis) is 1. The molecule has 0 aromatic heterocycles. The summed E-state index contributed by atoms with van der Waals surface area (Å²) in [5.74, 6) is -0.760. The van der Waals surface area contributed by atoms with E-state index in [1.165, 1.54) is 0 Å². The van der Waals surface area contributed by atoms with Gasteiger partial charge in [-0.25, -0.2) is 9.59 Å². The van der Waals surface area contributed by atoms with Gasteiger partial charge >= 0.3 is 12.1 Å². The Balaban J connectivity index is 2.24. The van der Waals surface area contributed by atoms with E-state index in [1.54, 1.807) is 19.2 Å². The van der Waals surface area contributed by atoms with Crippen molar-refractivity contribution in [3.05, 3.63) is 35.9 Å². The molecule has 1 amide bonds. The van der Waals surface area contributed by atoms with Crippen LogP contribution in [-0.4, -0.2) is 63.4 Å². The maximum Gasteiger partial charge on any atom is 0.408 e. The lowest BCUT2D eigenvalue weighted by atomic mass is 10.2. The molecule has 0 saturated heterocycles. The molecule has 8 heteroatoms. The molecule has 0 aliphatic heterocycles.